The Morgan fingerprint density at radius 2 is 1.72 bits per heavy atom. The van der Waals surface area contributed by atoms with Crippen molar-refractivity contribution in [1.82, 2.24) is 15.5 Å². The van der Waals surface area contributed by atoms with Crippen molar-refractivity contribution in [3.8, 4) is 11.5 Å². The van der Waals surface area contributed by atoms with Gasteiger partial charge in [-0.1, -0.05) is 51.8 Å². The molecule has 1 aromatic rings. The van der Waals surface area contributed by atoms with Gasteiger partial charge in [-0.15, -0.1) is 0 Å². The van der Waals surface area contributed by atoms with E-state index in [1.54, 1.807) is 46.1 Å². The number of benzene rings is 1. The molecule has 3 unspecified atom stereocenters. The molecule has 0 fully saturated rings. The van der Waals surface area contributed by atoms with Crippen molar-refractivity contribution in [3.05, 3.63) is 35.9 Å². The second-order valence-corrected chi connectivity index (χ2v) is 15.4. The van der Waals surface area contributed by atoms with Gasteiger partial charge in [-0.05, 0) is 77.8 Å². The molecule has 0 radical (unpaired) electrons. The summed E-state index contributed by atoms with van der Waals surface area (Å²) < 4.78 is 35.6. The van der Waals surface area contributed by atoms with Gasteiger partial charge in [0.2, 0.25) is 11.8 Å². The van der Waals surface area contributed by atoms with Crippen LogP contribution in [0.2, 0.25) is 0 Å². The lowest BCUT2D eigenvalue weighted by molar-refractivity contribution is -0.133. The molecular weight excluding hydrogens is 661 g/mol. The number of aliphatic hydroxyl groups excluding tert-OH is 1. The van der Waals surface area contributed by atoms with Crippen LogP contribution in [0, 0.1) is 17.8 Å². The van der Waals surface area contributed by atoms with E-state index in [-0.39, 0.29) is 37.4 Å². The van der Waals surface area contributed by atoms with E-state index in [2.05, 4.69) is 10.6 Å². The minimum Gasteiger partial charge on any atom is -0.497 e. The first-order valence-electron chi connectivity index (χ1n) is 18.1. The molecule has 1 aliphatic rings. The molecule has 284 valence electrons. The lowest BCUT2D eigenvalue weighted by Gasteiger charge is -2.34. The fourth-order valence-corrected chi connectivity index (χ4v) is 7.89. The number of nitrogens with zero attached hydrogens (tertiary/aromatic N) is 1. The van der Waals surface area contributed by atoms with Gasteiger partial charge < -0.3 is 34.3 Å². The number of hydrogen-bond donors (Lipinski definition) is 3. The largest absolute Gasteiger partial charge is 0.497 e. The molecule has 13 heteroatoms. The maximum atomic E-state index is 14.1. The predicted molar refractivity (Wildman–Crippen MR) is 195 cm³/mol. The van der Waals surface area contributed by atoms with Crippen LogP contribution in [0.15, 0.2) is 30.4 Å². The Hall–Kier alpha value is -2.76. The van der Waals surface area contributed by atoms with E-state index in [0.29, 0.717) is 43.7 Å². The average Bonchev–Trinajstić information content (AvgIpc) is 3.08. The van der Waals surface area contributed by atoms with Crippen molar-refractivity contribution in [1.29, 1.82) is 0 Å². The standard InChI is InChI=1S/C37H62N3O9P/c1-9-17-27-18-15-13-12-14-16-19-28(36(43)40(6)25-29-20-21-30(46-7)24-33(29)47-8)23-32(37(44)50(45,48-10-2)49-11-3)39-35(42)31(22-26(4)5)38-34(27)41/h14,16,20-21,24,26-28,31-32,36,43H,9-13,15,17-19,22-23,25H2,1-8H3,(H,38,41)(H,39,42)/b16-14+/t27?,28?,31-,32-,36?/m0/s1. The molecule has 5 atom stereocenters. The van der Waals surface area contributed by atoms with Crippen molar-refractivity contribution < 1.29 is 42.6 Å². The molecule has 3 N–H and O–H groups in total. The Bertz CT molecular complexity index is 1280. The molecule has 12 nitrogen and oxygen atoms in total. The molecule has 0 saturated heterocycles. The Morgan fingerprint density at radius 1 is 1.02 bits per heavy atom. The van der Waals surface area contributed by atoms with E-state index in [0.717, 1.165) is 31.2 Å². The first-order chi connectivity index (χ1) is 23.8. The zero-order valence-electron chi connectivity index (χ0n) is 31.4. The summed E-state index contributed by atoms with van der Waals surface area (Å²) in [4.78, 5) is 43.4. The van der Waals surface area contributed by atoms with E-state index in [1.165, 1.54) is 0 Å². The van der Waals surface area contributed by atoms with E-state index in [9.17, 15) is 24.1 Å². The number of carbonyl (C=O) groups is 3. The van der Waals surface area contributed by atoms with Gasteiger partial charge in [0.15, 0.2) is 0 Å². The molecule has 0 aromatic heterocycles. The molecule has 0 bridgehead atoms. The van der Waals surface area contributed by atoms with Crippen molar-refractivity contribution >= 4 is 24.9 Å². The molecular formula is C37H62N3O9P. The molecule has 0 spiro atoms. The molecule has 1 aliphatic heterocycles. The van der Waals surface area contributed by atoms with Crippen LogP contribution in [0.3, 0.4) is 0 Å². The van der Waals surface area contributed by atoms with Gasteiger partial charge in [-0.25, -0.2) is 0 Å². The van der Waals surface area contributed by atoms with Crippen molar-refractivity contribution in [2.24, 2.45) is 17.8 Å². The average molecular weight is 724 g/mol. The van der Waals surface area contributed by atoms with Crippen LogP contribution in [0.5, 0.6) is 11.5 Å². The third-order valence-electron chi connectivity index (χ3n) is 8.94. The molecule has 1 heterocycles. The highest BCUT2D eigenvalue weighted by atomic mass is 31.2. The summed E-state index contributed by atoms with van der Waals surface area (Å²) in [6, 6.07) is 3.19. The van der Waals surface area contributed by atoms with Crippen LogP contribution < -0.4 is 20.1 Å². The van der Waals surface area contributed by atoms with Crippen LogP contribution in [-0.4, -0.2) is 80.1 Å². The van der Waals surface area contributed by atoms with Crippen LogP contribution >= 0.6 is 7.60 Å². The topological polar surface area (TPSA) is 153 Å². The second kappa shape index (κ2) is 22.2. The molecule has 2 amide bonds. The van der Waals surface area contributed by atoms with Gasteiger partial charge in [-0.3, -0.25) is 23.8 Å². The van der Waals surface area contributed by atoms with Gasteiger partial charge in [0.25, 0.3) is 5.52 Å². The first kappa shape index (κ1) is 43.4. The molecule has 0 saturated carbocycles. The maximum absolute atomic E-state index is 14.1. The number of allylic oxidation sites excluding steroid dienone is 2. The summed E-state index contributed by atoms with van der Waals surface area (Å²) in [7, 11) is 0.573. The Balaban J connectivity index is 2.58. The zero-order chi connectivity index (χ0) is 37.3. The van der Waals surface area contributed by atoms with Crippen molar-refractivity contribution in [2.45, 2.75) is 117 Å². The Morgan fingerprint density at radius 3 is 2.32 bits per heavy atom. The fraction of sp³-hybridized carbons (Fsp3) is 0.703. The number of carbonyl (C=O) groups excluding carboxylic acids is 3. The van der Waals surface area contributed by atoms with E-state index < -0.39 is 43.3 Å². The number of methoxy groups -OCH3 is 2. The highest BCUT2D eigenvalue weighted by Crippen LogP contribution is 2.50. The van der Waals surface area contributed by atoms with Crippen LogP contribution in [0.4, 0.5) is 0 Å². The van der Waals surface area contributed by atoms with Crippen LogP contribution in [0.1, 0.15) is 98.0 Å². The van der Waals surface area contributed by atoms with E-state index in [1.807, 2.05) is 45.1 Å². The lowest BCUT2D eigenvalue weighted by atomic mass is 9.92. The summed E-state index contributed by atoms with van der Waals surface area (Å²) in [6.07, 6.45) is 8.39. The van der Waals surface area contributed by atoms with Crippen LogP contribution in [0.25, 0.3) is 0 Å². The quantitative estimate of drug-likeness (QED) is 0.102. The molecule has 1 aromatic carbocycles. The zero-order valence-corrected chi connectivity index (χ0v) is 32.3. The summed E-state index contributed by atoms with van der Waals surface area (Å²) in [5.74, 6) is -0.288. The Labute approximate surface area is 299 Å². The smallest absolute Gasteiger partial charge is 0.398 e. The highest BCUT2D eigenvalue weighted by Gasteiger charge is 2.43. The third-order valence-corrected chi connectivity index (χ3v) is 11.0. The molecule has 2 rings (SSSR count). The lowest BCUT2D eigenvalue weighted by Crippen LogP contribution is -2.54. The number of ether oxygens (including phenoxy) is 2. The predicted octanol–water partition coefficient (Wildman–Crippen LogP) is 6.21. The molecule has 0 aliphatic carbocycles. The number of hydrogen-bond acceptors (Lipinski definition) is 10. The maximum Gasteiger partial charge on any atom is 0.398 e. The normalized spacial score (nSPS) is 22.9. The van der Waals surface area contributed by atoms with E-state index in [4.69, 9.17) is 18.5 Å². The van der Waals surface area contributed by atoms with Crippen LogP contribution in [-0.2, 0) is 34.5 Å². The SMILES string of the molecule is CCCC1CCCC/C=C/CC(C(O)N(C)Cc2ccc(OC)cc2OC)C[C@@H](C(=O)P(=O)(OCC)OCC)NC(=O)[C@H](CC(C)C)NC1=O. The summed E-state index contributed by atoms with van der Waals surface area (Å²) in [5, 5.41) is 17.6. The number of amides is 2. The Kier molecular flexibility index (Phi) is 19.3. The van der Waals surface area contributed by atoms with Gasteiger partial charge in [0, 0.05) is 30.0 Å². The number of aliphatic hydroxyl groups is 1. The third kappa shape index (κ3) is 13.4. The molecule has 50 heavy (non-hydrogen) atoms. The van der Waals surface area contributed by atoms with Gasteiger partial charge >= 0.3 is 7.60 Å². The van der Waals surface area contributed by atoms with Crippen molar-refractivity contribution in [3.63, 3.8) is 0 Å². The minimum absolute atomic E-state index is 0.0459. The highest BCUT2D eigenvalue weighted by molar-refractivity contribution is 7.72. The number of nitrogens with one attached hydrogen (secondary N) is 2. The van der Waals surface area contributed by atoms with Gasteiger partial charge in [-0.2, -0.15) is 0 Å². The van der Waals surface area contributed by atoms with Crippen molar-refractivity contribution in [2.75, 3.05) is 34.5 Å². The summed E-state index contributed by atoms with van der Waals surface area (Å²) in [6.45, 7) is 9.37. The van der Waals surface area contributed by atoms with Gasteiger partial charge in [0.05, 0.1) is 27.4 Å². The van der Waals surface area contributed by atoms with E-state index >= 15 is 0 Å². The summed E-state index contributed by atoms with van der Waals surface area (Å²) >= 11 is 0. The summed E-state index contributed by atoms with van der Waals surface area (Å²) in [5.41, 5.74) is -0.0832. The first-order valence-corrected chi connectivity index (χ1v) is 19.7. The second-order valence-electron chi connectivity index (χ2n) is 13.4. The van der Waals surface area contributed by atoms with Gasteiger partial charge in [0.1, 0.15) is 29.8 Å². The fourth-order valence-electron chi connectivity index (χ4n) is 6.33. The number of rotatable bonds is 16. The minimum atomic E-state index is -4.33. The monoisotopic (exact) mass is 723 g/mol.